The minimum absolute atomic E-state index is 0.0993. The van der Waals surface area contributed by atoms with E-state index in [1.54, 1.807) is 0 Å². The number of carbonyl (C=O) groups is 2. The Morgan fingerprint density at radius 1 is 1.62 bits per heavy atom. The first-order valence-corrected chi connectivity index (χ1v) is 5.14. The topological polar surface area (TPSA) is 66.8 Å². The Labute approximate surface area is 94.7 Å². The molecule has 0 aliphatic carbocycles. The summed E-state index contributed by atoms with van der Waals surface area (Å²) in [5.41, 5.74) is -0.184. The maximum Gasteiger partial charge on any atom is 0.410 e. The Balaban J connectivity index is 2.73. The van der Waals surface area contributed by atoms with Gasteiger partial charge in [-0.1, -0.05) is 26.5 Å². The van der Waals surface area contributed by atoms with E-state index in [-0.39, 0.29) is 12.0 Å². The molecule has 5 nitrogen and oxygen atoms in total. The minimum atomic E-state index is -0.985. The van der Waals surface area contributed by atoms with E-state index < -0.39 is 18.1 Å². The minimum Gasteiger partial charge on any atom is -0.480 e. The number of hydrogen-bond acceptors (Lipinski definition) is 3. The Hall–Kier alpha value is -1.52. The van der Waals surface area contributed by atoms with Gasteiger partial charge in [0.05, 0.1) is 0 Å². The number of aliphatic carboxylic acids is 1. The number of ether oxygens (including phenoxy) is 1. The van der Waals surface area contributed by atoms with Crippen LogP contribution in [0.25, 0.3) is 0 Å². The number of amides is 1. The van der Waals surface area contributed by atoms with Gasteiger partial charge in [0.15, 0.2) is 0 Å². The lowest BCUT2D eigenvalue weighted by Crippen LogP contribution is -2.41. The van der Waals surface area contributed by atoms with E-state index in [1.807, 2.05) is 13.8 Å². The van der Waals surface area contributed by atoms with Crippen LogP contribution >= 0.6 is 0 Å². The molecular formula is C11H17NO4. The standard InChI is InChI=1S/C11H17NO4/c1-4-5-16-10(15)12-7-11(2,3)6-8(12)9(13)14/h4,8H,1,5-7H2,2-3H3,(H,13,14)/t8-/m0/s1. The van der Waals surface area contributed by atoms with Gasteiger partial charge in [0.1, 0.15) is 12.6 Å². The molecule has 1 aliphatic heterocycles. The maximum atomic E-state index is 11.6. The van der Waals surface area contributed by atoms with Crippen LogP contribution in [0, 0.1) is 5.41 Å². The molecule has 1 N–H and O–H groups in total. The molecule has 1 heterocycles. The summed E-state index contributed by atoms with van der Waals surface area (Å²) in [6.07, 6.45) is 1.32. The Kier molecular flexibility index (Phi) is 3.57. The summed E-state index contributed by atoms with van der Waals surface area (Å²) in [6.45, 7) is 7.80. The number of likely N-dealkylation sites (tertiary alicyclic amines) is 1. The van der Waals surface area contributed by atoms with Crippen molar-refractivity contribution in [3.8, 4) is 0 Å². The monoisotopic (exact) mass is 227 g/mol. The van der Waals surface area contributed by atoms with Crippen molar-refractivity contribution < 1.29 is 19.4 Å². The largest absolute Gasteiger partial charge is 0.480 e. The fourth-order valence-corrected chi connectivity index (χ4v) is 1.90. The predicted octanol–water partition coefficient (Wildman–Crippen LogP) is 1.49. The maximum absolute atomic E-state index is 11.6. The van der Waals surface area contributed by atoms with Crippen LogP contribution < -0.4 is 0 Å². The molecule has 1 amide bonds. The molecule has 0 aromatic carbocycles. The fraction of sp³-hybridized carbons (Fsp3) is 0.636. The van der Waals surface area contributed by atoms with Crippen LogP contribution in [0.4, 0.5) is 4.79 Å². The lowest BCUT2D eigenvalue weighted by atomic mass is 9.91. The summed E-state index contributed by atoms with van der Waals surface area (Å²) in [5, 5.41) is 9.02. The number of hydrogen-bond donors (Lipinski definition) is 1. The Bertz CT molecular complexity index is 311. The van der Waals surface area contributed by atoms with Crippen molar-refractivity contribution in [3.05, 3.63) is 12.7 Å². The number of carbonyl (C=O) groups excluding carboxylic acids is 1. The third-order valence-corrected chi connectivity index (χ3v) is 2.56. The fourth-order valence-electron chi connectivity index (χ4n) is 1.90. The second kappa shape index (κ2) is 4.55. The van der Waals surface area contributed by atoms with Crippen molar-refractivity contribution in [1.82, 2.24) is 4.90 Å². The molecule has 16 heavy (non-hydrogen) atoms. The van der Waals surface area contributed by atoms with Crippen molar-refractivity contribution in [3.63, 3.8) is 0 Å². The highest BCUT2D eigenvalue weighted by molar-refractivity contribution is 5.81. The van der Waals surface area contributed by atoms with Gasteiger partial charge in [-0.15, -0.1) is 0 Å². The second-order valence-electron chi connectivity index (χ2n) is 4.72. The lowest BCUT2D eigenvalue weighted by Gasteiger charge is -2.21. The van der Waals surface area contributed by atoms with E-state index in [1.165, 1.54) is 11.0 Å². The first-order chi connectivity index (χ1) is 7.37. The molecule has 0 spiro atoms. The van der Waals surface area contributed by atoms with Gasteiger partial charge in [-0.3, -0.25) is 4.90 Å². The molecule has 0 radical (unpaired) electrons. The molecule has 1 aliphatic rings. The van der Waals surface area contributed by atoms with Crippen molar-refractivity contribution in [2.45, 2.75) is 26.3 Å². The van der Waals surface area contributed by atoms with Crippen molar-refractivity contribution in [1.29, 1.82) is 0 Å². The first-order valence-electron chi connectivity index (χ1n) is 5.14. The van der Waals surface area contributed by atoms with Crippen LogP contribution in [0.15, 0.2) is 12.7 Å². The van der Waals surface area contributed by atoms with Gasteiger partial charge in [-0.25, -0.2) is 9.59 Å². The molecule has 0 unspecified atom stereocenters. The van der Waals surface area contributed by atoms with Gasteiger partial charge in [0.25, 0.3) is 0 Å². The van der Waals surface area contributed by atoms with Gasteiger partial charge in [-0.2, -0.15) is 0 Å². The quantitative estimate of drug-likeness (QED) is 0.742. The molecule has 0 aromatic rings. The van der Waals surface area contributed by atoms with E-state index in [0.29, 0.717) is 13.0 Å². The molecule has 0 saturated carbocycles. The number of carboxylic acid groups (broad SMARTS) is 1. The first kappa shape index (κ1) is 12.5. The highest BCUT2D eigenvalue weighted by atomic mass is 16.6. The molecule has 1 rings (SSSR count). The third-order valence-electron chi connectivity index (χ3n) is 2.56. The lowest BCUT2D eigenvalue weighted by molar-refractivity contribution is -0.141. The van der Waals surface area contributed by atoms with Crippen LogP contribution in [0.5, 0.6) is 0 Å². The summed E-state index contributed by atoms with van der Waals surface area (Å²) >= 11 is 0. The number of nitrogens with zero attached hydrogens (tertiary/aromatic N) is 1. The van der Waals surface area contributed by atoms with Crippen molar-refractivity contribution in [2.24, 2.45) is 5.41 Å². The number of carboxylic acids is 1. The van der Waals surface area contributed by atoms with Crippen LogP contribution in [-0.4, -0.2) is 41.3 Å². The Morgan fingerprint density at radius 3 is 2.75 bits per heavy atom. The summed E-state index contributed by atoms with van der Waals surface area (Å²) in [4.78, 5) is 23.9. The van der Waals surface area contributed by atoms with Crippen LogP contribution in [0.2, 0.25) is 0 Å². The highest BCUT2D eigenvalue weighted by Crippen LogP contribution is 2.34. The number of rotatable bonds is 3. The van der Waals surface area contributed by atoms with Gasteiger partial charge in [-0.05, 0) is 11.8 Å². The average Bonchev–Trinajstić information content (AvgIpc) is 2.51. The van der Waals surface area contributed by atoms with E-state index in [0.717, 1.165) is 0 Å². The molecule has 1 atom stereocenters. The molecule has 5 heteroatoms. The zero-order valence-corrected chi connectivity index (χ0v) is 9.60. The van der Waals surface area contributed by atoms with Crippen LogP contribution in [-0.2, 0) is 9.53 Å². The second-order valence-corrected chi connectivity index (χ2v) is 4.72. The zero-order valence-electron chi connectivity index (χ0n) is 9.60. The Morgan fingerprint density at radius 2 is 2.25 bits per heavy atom. The van der Waals surface area contributed by atoms with Crippen LogP contribution in [0.3, 0.4) is 0 Å². The third kappa shape index (κ3) is 2.74. The van der Waals surface area contributed by atoms with Crippen LogP contribution in [0.1, 0.15) is 20.3 Å². The molecule has 1 saturated heterocycles. The molecular weight excluding hydrogens is 210 g/mol. The zero-order chi connectivity index (χ0) is 12.3. The smallest absolute Gasteiger partial charge is 0.410 e. The average molecular weight is 227 g/mol. The van der Waals surface area contributed by atoms with Gasteiger partial charge in [0, 0.05) is 6.54 Å². The molecule has 0 aromatic heterocycles. The summed E-state index contributed by atoms with van der Waals surface area (Å²) < 4.78 is 4.85. The van der Waals surface area contributed by atoms with E-state index in [2.05, 4.69) is 6.58 Å². The van der Waals surface area contributed by atoms with E-state index >= 15 is 0 Å². The summed E-state index contributed by atoms with van der Waals surface area (Å²) in [5.74, 6) is -0.985. The highest BCUT2D eigenvalue weighted by Gasteiger charge is 2.44. The van der Waals surface area contributed by atoms with Crippen molar-refractivity contribution >= 4 is 12.1 Å². The molecule has 1 fully saturated rings. The van der Waals surface area contributed by atoms with Gasteiger partial charge < -0.3 is 9.84 Å². The normalized spacial score (nSPS) is 22.9. The van der Waals surface area contributed by atoms with Crippen molar-refractivity contribution in [2.75, 3.05) is 13.2 Å². The van der Waals surface area contributed by atoms with E-state index in [4.69, 9.17) is 9.84 Å². The molecule has 90 valence electrons. The van der Waals surface area contributed by atoms with E-state index in [9.17, 15) is 9.59 Å². The predicted molar refractivity (Wildman–Crippen MR) is 58.1 cm³/mol. The SMILES string of the molecule is C=CCOC(=O)N1CC(C)(C)C[C@H]1C(=O)O. The van der Waals surface area contributed by atoms with Gasteiger partial charge in [0.2, 0.25) is 0 Å². The molecule has 0 bridgehead atoms. The summed E-state index contributed by atoms with van der Waals surface area (Å²) in [7, 11) is 0. The summed E-state index contributed by atoms with van der Waals surface area (Å²) in [6, 6.07) is -0.785. The van der Waals surface area contributed by atoms with Gasteiger partial charge >= 0.3 is 12.1 Å².